The van der Waals surface area contributed by atoms with Gasteiger partial charge in [0.25, 0.3) is 0 Å². The van der Waals surface area contributed by atoms with Crippen molar-refractivity contribution in [2.45, 2.75) is 19.3 Å². The maximum atomic E-state index is 11.6. The average Bonchev–Trinajstić information content (AvgIpc) is 2.20. The van der Waals surface area contributed by atoms with Crippen LogP contribution in [0.15, 0.2) is 30.5 Å². The molecule has 1 heteroatoms. The van der Waals surface area contributed by atoms with Gasteiger partial charge < -0.3 is 0 Å². The van der Waals surface area contributed by atoms with Crippen molar-refractivity contribution >= 4 is 11.9 Å². The first-order valence-corrected chi connectivity index (χ1v) is 4.84. The summed E-state index contributed by atoms with van der Waals surface area (Å²) in [7, 11) is 0. The lowest BCUT2D eigenvalue weighted by Crippen LogP contribution is -2.11. The molecule has 0 saturated heterocycles. The molecule has 1 aliphatic rings. The number of carbonyl (C=O) groups is 1. The van der Waals surface area contributed by atoms with Gasteiger partial charge in [-0.3, -0.25) is 4.79 Å². The number of carbonyl (C=O) groups excluding carboxylic acids is 1. The first-order valence-electron chi connectivity index (χ1n) is 4.84. The zero-order chi connectivity index (χ0) is 9.97. The second kappa shape index (κ2) is 3.65. The minimum absolute atomic E-state index is 0.269. The molecule has 0 aliphatic heterocycles. The van der Waals surface area contributed by atoms with Crippen LogP contribution in [0.4, 0.5) is 0 Å². The summed E-state index contributed by atoms with van der Waals surface area (Å²) in [5.41, 5.74) is 5.91. The normalized spacial score (nSPS) is 14.4. The van der Waals surface area contributed by atoms with Crippen molar-refractivity contribution in [1.82, 2.24) is 0 Å². The predicted octanol–water partition coefficient (Wildman–Crippen LogP) is 3.00. The van der Waals surface area contributed by atoms with Crippen LogP contribution in [0.1, 0.15) is 34.3 Å². The van der Waals surface area contributed by atoms with Gasteiger partial charge >= 0.3 is 0 Å². The Morgan fingerprint density at radius 3 is 3.00 bits per heavy atom. The Labute approximate surface area is 83.8 Å². The molecule has 1 nitrogen and oxygen atoms in total. The summed E-state index contributed by atoms with van der Waals surface area (Å²) in [5, 5.41) is 0. The maximum Gasteiger partial charge on any atom is 0.163 e. The van der Waals surface area contributed by atoms with E-state index in [0.29, 0.717) is 6.42 Å². The second-order valence-electron chi connectivity index (χ2n) is 3.50. The van der Waals surface area contributed by atoms with Gasteiger partial charge in [-0.05, 0) is 30.0 Å². The molecule has 2 rings (SSSR count). The number of ketones is 1. The Morgan fingerprint density at radius 1 is 1.36 bits per heavy atom. The molecule has 0 amide bonds. The van der Waals surface area contributed by atoms with Gasteiger partial charge in [0.15, 0.2) is 5.78 Å². The van der Waals surface area contributed by atoms with E-state index in [9.17, 15) is 4.79 Å². The summed E-state index contributed by atoms with van der Waals surface area (Å²) in [4.78, 5) is 11.6. The maximum absolute atomic E-state index is 11.6. The van der Waals surface area contributed by atoms with Gasteiger partial charge in [0.2, 0.25) is 0 Å². The molecule has 0 radical (unpaired) electrons. The van der Waals surface area contributed by atoms with Crippen molar-refractivity contribution in [2.24, 2.45) is 0 Å². The molecule has 1 aromatic rings. The Bertz CT molecular complexity index is 409. The quantitative estimate of drug-likeness (QED) is 0.613. The lowest BCUT2D eigenvalue weighted by atomic mass is 9.87. The molecule has 70 valence electrons. The lowest BCUT2D eigenvalue weighted by molar-refractivity contribution is 0.0972. The molecule has 0 N–H and O–H groups in total. The van der Waals surface area contributed by atoms with E-state index in [1.54, 1.807) is 0 Å². The number of benzene rings is 1. The van der Waals surface area contributed by atoms with Crippen molar-refractivity contribution < 1.29 is 4.79 Å². The standard InChI is InChI=1S/C13H12O/c1-2-5-10-6-3-8-12-11(10)7-4-9-13(12)14/h3,5-6,8H,1,4,7,9H2. The Morgan fingerprint density at radius 2 is 2.21 bits per heavy atom. The van der Waals surface area contributed by atoms with Gasteiger partial charge in [0, 0.05) is 12.0 Å². The fourth-order valence-electron chi connectivity index (χ4n) is 1.95. The first-order chi connectivity index (χ1) is 6.83. The molecule has 0 heterocycles. The summed E-state index contributed by atoms with van der Waals surface area (Å²) in [6, 6.07) is 5.85. The van der Waals surface area contributed by atoms with Crippen molar-refractivity contribution in [1.29, 1.82) is 0 Å². The molecular weight excluding hydrogens is 172 g/mol. The van der Waals surface area contributed by atoms with Gasteiger partial charge in [-0.15, -0.1) is 5.73 Å². The van der Waals surface area contributed by atoms with Crippen LogP contribution in [0.2, 0.25) is 0 Å². The van der Waals surface area contributed by atoms with Crippen LogP contribution in [-0.2, 0) is 6.42 Å². The summed E-state index contributed by atoms with van der Waals surface area (Å²) < 4.78 is 0. The predicted molar refractivity (Wildman–Crippen MR) is 57.3 cm³/mol. The molecule has 1 aromatic carbocycles. The monoisotopic (exact) mass is 184 g/mol. The fraction of sp³-hybridized carbons (Fsp3) is 0.231. The van der Waals surface area contributed by atoms with Crippen LogP contribution in [0.25, 0.3) is 6.08 Å². The van der Waals surface area contributed by atoms with Crippen LogP contribution < -0.4 is 0 Å². The highest BCUT2D eigenvalue weighted by atomic mass is 16.1. The first kappa shape index (κ1) is 8.98. The van der Waals surface area contributed by atoms with E-state index >= 15 is 0 Å². The molecule has 0 unspecified atom stereocenters. The van der Waals surface area contributed by atoms with Crippen molar-refractivity contribution in [3.63, 3.8) is 0 Å². The van der Waals surface area contributed by atoms with Gasteiger partial charge in [0.1, 0.15) is 0 Å². The number of hydrogen-bond donors (Lipinski definition) is 0. The van der Waals surface area contributed by atoms with Crippen molar-refractivity contribution in [3.8, 4) is 0 Å². The van der Waals surface area contributed by atoms with E-state index < -0.39 is 0 Å². The van der Waals surface area contributed by atoms with Crippen LogP contribution >= 0.6 is 0 Å². The Hall–Kier alpha value is -1.59. The van der Waals surface area contributed by atoms with Gasteiger partial charge in [0.05, 0.1) is 0 Å². The largest absolute Gasteiger partial charge is 0.294 e. The Balaban J connectivity index is 2.60. The minimum atomic E-state index is 0.269. The number of Topliss-reactive ketones (excluding diaryl/α,β-unsaturated/α-hetero) is 1. The third kappa shape index (κ3) is 1.43. The van der Waals surface area contributed by atoms with E-state index in [0.717, 1.165) is 24.0 Å². The summed E-state index contributed by atoms with van der Waals surface area (Å²) in [5.74, 6) is 0.269. The molecule has 14 heavy (non-hydrogen) atoms. The molecule has 0 saturated carbocycles. The Kier molecular flexibility index (Phi) is 2.34. The highest BCUT2D eigenvalue weighted by molar-refractivity contribution is 5.99. The van der Waals surface area contributed by atoms with Crippen LogP contribution in [0, 0.1) is 0 Å². The summed E-state index contributed by atoms with van der Waals surface area (Å²) in [6.45, 7) is 3.56. The lowest BCUT2D eigenvalue weighted by Gasteiger charge is -2.16. The molecule has 0 fully saturated rings. The molecule has 1 aliphatic carbocycles. The molecular formula is C13H12O. The number of rotatable bonds is 1. The minimum Gasteiger partial charge on any atom is -0.294 e. The van der Waals surface area contributed by atoms with Crippen LogP contribution in [-0.4, -0.2) is 5.78 Å². The third-order valence-corrected chi connectivity index (χ3v) is 2.60. The highest BCUT2D eigenvalue weighted by Crippen LogP contribution is 2.24. The van der Waals surface area contributed by atoms with Gasteiger partial charge in [-0.1, -0.05) is 24.8 Å². The van der Waals surface area contributed by atoms with Crippen LogP contribution in [0.3, 0.4) is 0 Å². The SMILES string of the molecule is C=C=Cc1cccc2c1CCCC2=O. The average molecular weight is 184 g/mol. The molecule has 0 bridgehead atoms. The molecule has 0 spiro atoms. The van der Waals surface area contributed by atoms with Crippen molar-refractivity contribution in [3.05, 3.63) is 47.2 Å². The topological polar surface area (TPSA) is 17.1 Å². The van der Waals surface area contributed by atoms with Gasteiger partial charge in [-0.2, -0.15) is 0 Å². The van der Waals surface area contributed by atoms with Crippen LogP contribution in [0.5, 0.6) is 0 Å². The van der Waals surface area contributed by atoms with Gasteiger partial charge in [-0.25, -0.2) is 0 Å². The third-order valence-electron chi connectivity index (χ3n) is 2.60. The second-order valence-corrected chi connectivity index (χ2v) is 3.50. The fourth-order valence-corrected chi connectivity index (χ4v) is 1.95. The molecule has 0 aromatic heterocycles. The summed E-state index contributed by atoms with van der Waals surface area (Å²) >= 11 is 0. The smallest absolute Gasteiger partial charge is 0.163 e. The summed E-state index contributed by atoms with van der Waals surface area (Å²) in [6.07, 6.45) is 4.49. The number of hydrogen-bond acceptors (Lipinski definition) is 1. The van der Waals surface area contributed by atoms with E-state index in [-0.39, 0.29) is 5.78 Å². The van der Waals surface area contributed by atoms with E-state index in [4.69, 9.17) is 0 Å². The number of fused-ring (bicyclic) bond motifs is 1. The zero-order valence-electron chi connectivity index (χ0n) is 8.05. The zero-order valence-corrected chi connectivity index (χ0v) is 8.05. The van der Waals surface area contributed by atoms with E-state index in [1.165, 1.54) is 5.56 Å². The van der Waals surface area contributed by atoms with Crippen molar-refractivity contribution in [2.75, 3.05) is 0 Å². The highest BCUT2D eigenvalue weighted by Gasteiger charge is 2.18. The van der Waals surface area contributed by atoms with E-state index in [1.807, 2.05) is 24.3 Å². The van der Waals surface area contributed by atoms with E-state index in [2.05, 4.69) is 12.3 Å². The molecule has 0 atom stereocenters.